The van der Waals surface area contributed by atoms with Crippen molar-refractivity contribution in [2.45, 2.75) is 65.3 Å². The molecule has 0 amide bonds. The van der Waals surface area contributed by atoms with Crippen LogP contribution in [0.3, 0.4) is 0 Å². The lowest BCUT2D eigenvalue weighted by Crippen LogP contribution is -2.35. The van der Waals surface area contributed by atoms with Gasteiger partial charge in [-0.1, -0.05) is 33.6 Å². The van der Waals surface area contributed by atoms with Crippen molar-refractivity contribution < 1.29 is 0 Å². The maximum atomic E-state index is 4.79. The number of anilines is 2. The Bertz CT molecular complexity index is 413. The Morgan fingerprint density at radius 3 is 2.71 bits per heavy atom. The first-order valence-electron chi connectivity index (χ1n) is 8.53. The van der Waals surface area contributed by atoms with E-state index in [1.807, 2.05) is 12.4 Å². The van der Waals surface area contributed by atoms with Gasteiger partial charge in [-0.15, -0.1) is 0 Å². The minimum Gasteiger partial charge on any atom is -0.369 e. The second kappa shape index (κ2) is 8.20. The molecule has 0 aliphatic heterocycles. The van der Waals surface area contributed by atoms with Crippen molar-refractivity contribution in [3.8, 4) is 0 Å². The van der Waals surface area contributed by atoms with Gasteiger partial charge in [0.2, 0.25) is 0 Å². The molecule has 0 aromatic carbocycles. The molecular formula is C17H30N4. The lowest BCUT2D eigenvalue weighted by Gasteiger charge is -2.30. The third-order valence-electron chi connectivity index (χ3n) is 4.19. The predicted molar refractivity (Wildman–Crippen MR) is 89.9 cm³/mol. The average Bonchev–Trinajstić information content (AvgIpc) is 2.99. The molecule has 0 unspecified atom stereocenters. The van der Waals surface area contributed by atoms with E-state index in [-0.39, 0.29) is 0 Å². The van der Waals surface area contributed by atoms with Gasteiger partial charge in [-0.3, -0.25) is 4.98 Å². The first-order valence-corrected chi connectivity index (χ1v) is 8.53. The van der Waals surface area contributed by atoms with Crippen molar-refractivity contribution in [2.24, 2.45) is 5.92 Å². The van der Waals surface area contributed by atoms with Crippen LogP contribution in [0.5, 0.6) is 0 Å². The van der Waals surface area contributed by atoms with Crippen molar-refractivity contribution in [3.63, 3.8) is 0 Å². The van der Waals surface area contributed by atoms with Crippen molar-refractivity contribution in [1.82, 2.24) is 9.97 Å². The fourth-order valence-corrected chi connectivity index (χ4v) is 2.93. The number of hydrogen-bond donors (Lipinski definition) is 1. The molecule has 0 radical (unpaired) electrons. The highest BCUT2D eigenvalue weighted by Crippen LogP contribution is 2.28. The molecule has 1 aliphatic rings. The Hall–Kier alpha value is -1.32. The highest BCUT2D eigenvalue weighted by molar-refractivity contribution is 5.44. The summed E-state index contributed by atoms with van der Waals surface area (Å²) in [7, 11) is 0. The fraction of sp³-hybridized carbons (Fsp3) is 0.765. The molecule has 1 saturated carbocycles. The van der Waals surface area contributed by atoms with Crippen LogP contribution in [0.15, 0.2) is 12.4 Å². The maximum Gasteiger partial charge on any atom is 0.149 e. The predicted octanol–water partition coefficient (Wildman–Crippen LogP) is 4.09. The summed E-state index contributed by atoms with van der Waals surface area (Å²) >= 11 is 0. The normalized spacial score (nSPS) is 15.6. The fourth-order valence-electron chi connectivity index (χ4n) is 2.93. The Balaban J connectivity index is 2.10. The maximum absolute atomic E-state index is 4.79. The molecule has 1 fully saturated rings. The molecule has 1 aliphatic carbocycles. The van der Waals surface area contributed by atoms with Crippen LogP contribution >= 0.6 is 0 Å². The molecule has 4 heteroatoms. The van der Waals surface area contributed by atoms with Gasteiger partial charge in [-0.25, -0.2) is 4.98 Å². The molecule has 1 aromatic heterocycles. The summed E-state index contributed by atoms with van der Waals surface area (Å²) in [6.07, 6.45) is 11.4. The Morgan fingerprint density at radius 1 is 1.29 bits per heavy atom. The molecule has 2 rings (SSSR count). The first-order chi connectivity index (χ1) is 10.2. The van der Waals surface area contributed by atoms with Crippen LogP contribution in [0, 0.1) is 5.92 Å². The second-order valence-corrected chi connectivity index (χ2v) is 6.50. The van der Waals surface area contributed by atoms with Crippen molar-refractivity contribution >= 4 is 11.6 Å². The van der Waals surface area contributed by atoms with Gasteiger partial charge in [-0.05, 0) is 31.6 Å². The zero-order chi connectivity index (χ0) is 15.1. The number of nitrogens with zero attached hydrogens (tertiary/aromatic N) is 3. The van der Waals surface area contributed by atoms with Gasteiger partial charge in [0.25, 0.3) is 0 Å². The van der Waals surface area contributed by atoms with Gasteiger partial charge < -0.3 is 10.2 Å². The van der Waals surface area contributed by atoms with Crippen molar-refractivity contribution in [3.05, 3.63) is 12.4 Å². The van der Waals surface area contributed by atoms with Gasteiger partial charge in [0, 0.05) is 19.1 Å². The Labute approximate surface area is 129 Å². The van der Waals surface area contributed by atoms with Gasteiger partial charge in [-0.2, -0.15) is 0 Å². The van der Waals surface area contributed by atoms with Crippen LogP contribution in [0.2, 0.25) is 0 Å². The van der Waals surface area contributed by atoms with E-state index < -0.39 is 0 Å². The monoisotopic (exact) mass is 290 g/mol. The number of hydrogen-bond acceptors (Lipinski definition) is 4. The topological polar surface area (TPSA) is 41.1 Å². The number of aromatic nitrogens is 2. The summed E-state index contributed by atoms with van der Waals surface area (Å²) < 4.78 is 0. The Kier molecular flexibility index (Phi) is 6.27. The molecule has 1 heterocycles. The van der Waals surface area contributed by atoms with Crippen LogP contribution in [0.1, 0.15) is 59.3 Å². The first kappa shape index (κ1) is 16.1. The standard InChI is InChI=1S/C17H30N4/c1-4-10-19-16-12-18-13-17(20-16)21(11-9-14(2)3)15-7-5-6-8-15/h12-15H,4-11H2,1-3H3,(H,19,20). The summed E-state index contributed by atoms with van der Waals surface area (Å²) in [4.78, 5) is 11.7. The number of rotatable bonds is 8. The summed E-state index contributed by atoms with van der Waals surface area (Å²) in [6.45, 7) is 8.79. The Morgan fingerprint density at radius 2 is 2.05 bits per heavy atom. The van der Waals surface area contributed by atoms with E-state index in [1.54, 1.807) is 0 Å². The third-order valence-corrected chi connectivity index (χ3v) is 4.19. The van der Waals surface area contributed by atoms with Gasteiger partial charge in [0.05, 0.1) is 12.4 Å². The smallest absolute Gasteiger partial charge is 0.149 e. The van der Waals surface area contributed by atoms with Crippen molar-refractivity contribution in [1.29, 1.82) is 0 Å². The molecule has 118 valence electrons. The van der Waals surface area contributed by atoms with Crippen LogP contribution in [-0.4, -0.2) is 29.1 Å². The lowest BCUT2D eigenvalue weighted by molar-refractivity contribution is 0.524. The van der Waals surface area contributed by atoms with E-state index in [2.05, 4.69) is 36.0 Å². The summed E-state index contributed by atoms with van der Waals surface area (Å²) in [5, 5.41) is 3.34. The number of nitrogens with one attached hydrogen (secondary N) is 1. The molecule has 0 spiro atoms. The molecule has 1 N–H and O–H groups in total. The highest BCUT2D eigenvalue weighted by atomic mass is 15.2. The molecule has 1 aromatic rings. The SMILES string of the molecule is CCCNc1cncc(N(CCC(C)C)C2CCCC2)n1. The minimum absolute atomic E-state index is 0.652. The van der Waals surface area contributed by atoms with E-state index in [4.69, 9.17) is 4.98 Å². The van der Waals surface area contributed by atoms with E-state index in [1.165, 1.54) is 32.1 Å². The summed E-state index contributed by atoms with van der Waals surface area (Å²) in [5.74, 6) is 2.67. The quantitative estimate of drug-likeness (QED) is 0.783. The second-order valence-electron chi connectivity index (χ2n) is 6.50. The molecule has 0 bridgehead atoms. The zero-order valence-corrected chi connectivity index (χ0v) is 13.8. The van der Waals surface area contributed by atoms with Crippen LogP contribution in [0.4, 0.5) is 11.6 Å². The van der Waals surface area contributed by atoms with E-state index in [0.29, 0.717) is 6.04 Å². The largest absolute Gasteiger partial charge is 0.369 e. The third kappa shape index (κ3) is 4.87. The van der Waals surface area contributed by atoms with Crippen LogP contribution < -0.4 is 10.2 Å². The summed E-state index contributed by atoms with van der Waals surface area (Å²) in [5.41, 5.74) is 0. The zero-order valence-electron chi connectivity index (χ0n) is 13.8. The van der Waals surface area contributed by atoms with Crippen LogP contribution in [-0.2, 0) is 0 Å². The average molecular weight is 290 g/mol. The van der Waals surface area contributed by atoms with E-state index >= 15 is 0 Å². The molecular weight excluding hydrogens is 260 g/mol. The molecule has 0 atom stereocenters. The van der Waals surface area contributed by atoms with Gasteiger partial charge in [0.1, 0.15) is 11.6 Å². The molecule has 4 nitrogen and oxygen atoms in total. The molecule has 0 saturated heterocycles. The lowest BCUT2D eigenvalue weighted by atomic mass is 10.1. The van der Waals surface area contributed by atoms with E-state index in [0.717, 1.165) is 37.1 Å². The van der Waals surface area contributed by atoms with Gasteiger partial charge in [0.15, 0.2) is 0 Å². The minimum atomic E-state index is 0.652. The van der Waals surface area contributed by atoms with Gasteiger partial charge >= 0.3 is 0 Å². The van der Waals surface area contributed by atoms with Crippen LogP contribution in [0.25, 0.3) is 0 Å². The molecule has 21 heavy (non-hydrogen) atoms. The van der Waals surface area contributed by atoms with Crippen molar-refractivity contribution in [2.75, 3.05) is 23.3 Å². The summed E-state index contributed by atoms with van der Waals surface area (Å²) in [6, 6.07) is 0.652. The van der Waals surface area contributed by atoms with E-state index in [9.17, 15) is 0 Å². The highest BCUT2D eigenvalue weighted by Gasteiger charge is 2.24.